The van der Waals surface area contributed by atoms with Crippen molar-refractivity contribution < 1.29 is 18.0 Å². The lowest BCUT2D eigenvalue weighted by atomic mass is 9.95. The number of sulfonamides is 1. The third-order valence-corrected chi connectivity index (χ3v) is 7.98. The molecule has 2 aromatic carbocycles. The first-order valence-electron chi connectivity index (χ1n) is 10.2. The summed E-state index contributed by atoms with van der Waals surface area (Å²) in [6.45, 7) is 1.88. The molecule has 0 bridgehead atoms. The van der Waals surface area contributed by atoms with Crippen molar-refractivity contribution in [1.29, 1.82) is 0 Å². The van der Waals surface area contributed by atoms with Crippen molar-refractivity contribution in [3.63, 3.8) is 0 Å². The summed E-state index contributed by atoms with van der Waals surface area (Å²) in [6, 6.07) is 12.6. The summed E-state index contributed by atoms with van der Waals surface area (Å²) < 4.78 is 27.6. The standard InChI is InChI=1S/C23H23N3O4S2/c1-14-6-12-17(13-7-14)32(29,30)26-16-10-8-15(9-11-16)22(28)25-23-20(21(24)27)18-4-2-3-5-19(18)31-23/h6-13,26H,2-5H2,1H3,(H2,24,27)(H,25,28). The second-order valence-corrected chi connectivity index (χ2v) is 10.5. The highest BCUT2D eigenvalue weighted by atomic mass is 32.2. The minimum absolute atomic E-state index is 0.158. The Morgan fingerprint density at radius 1 is 0.969 bits per heavy atom. The van der Waals surface area contributed by atoms with E-state index in [1.165, 1.54) is 47.7 Å². The first-order chi connectivity index (χ1) is 15.2. The first-order valence-corrected chi connectivity index (χ1v) is 12.5. The topological polar surface area (TPSA) is 118 Å². The van der Waals surface area contributed by atoms with E-state index in [2.05, 4.69) is 10.0 Å². The molecule has 1 aliphatic rings. The van der Waals surface area contributed by atoms with Crippen molar-refractivity contribution in [2.45, 2.75) is 37.5 Å². The van der Waals surface area contributed by atoms with Crippen molar-refractivity contribution in [3.8, 4) is 0 Å². The van der Waals surface area contributed by atoms with E-state index in [4.69, 9.17) is 5.73 Å². The minimum atomic E-state index is -3.73. The van der Waals surface area contributed by atoms with Crippen LogP contribution in [0.5, 0.6) is 0 Å². The van der Waals surface area contributed by atoms with Crippen LogP contribution in [0, 0.1) is 6.92 Å². The van der Waals surface area contributed by atoms with Gasteiger partial charge >= 0.3 is 0 Å². The molecule has 0 unspecified atom stereocenters. The molecular weight excluding hydrogens is 446 g/mol. The molecule has 7 nitrogen and oxygen atoms in total. The molecule has 166 valence electrons. The van der Waals surface area contributed by atoms with Crippen LogP contribution in [-0.2, 0) is 22.9 Å². The van der Waals surface area contributed by atoms with Gasteiger partial charge in [-0.3, -0.25) is 14.3 Å². The Labute approximate surface area is 190 Å². The number of thiophene rings is 1. The number of hydrogen-bond donors (Lipinski definition) is 3. The Bertz CT molecular complexity index is 1280. The Balaban J connectivity index is 1.50. The van der Waals surface area contributed by atoms with E-state index in [0.29, 0.717) is 21.8 Å². The lowest BCUT2D eigenvalue weighted by molar-refractivity contribution is 0.100. The molecule has 1 aromatic heterocycles. The summed E-state index contributed by atoms with van der Waals surface area (Å²) in [5, 5.41) is 3.28. The monoisotopic (exact) mass is 469 g/mol. The average molecular weight is 470 g/mol. The van der Waals surface area contributed by atoms with Gasteiger partial charge in [-0.25, -0.2) is 8.42 Å². The molecule has 4 rings (SSSR count). The first kappa shape index (κ1) is 22.0. The van der Waals surface area contributed by atoms with Gasteiger partial charge in [-0.15, -0.1) is 11.3 Å². The van der Waals surface area contributed by atoms with Crippen LogP contribution in [0.2, 0.25) is 0 Å². The van der Waals surface area contributed by atoms with Gasteiger partial charge in [0.15, 0.2) is 0 Å². The third kappa shape index (κ3) is 4.53. The molecule has 2 amide bonds. The zero-order valence-electron chi connectivity index (χ0n) is 17.5. The predicted molar refractivity (Wildman–Crippen MR) is 126 cm³/mol. The highest BCUT2D eigenvalue weighted by Crippen LogP contribution is 2.38. The second-order valence-electron chi connectivity index (χ2n) is 7.73. The molecule has 1 aliphatic carbocycles. The quantitative estimate of drug-likeness (QED) is 0.504. The predicted octanol–water partition coefficient (Wildman–Crippen LogP) is 4.09. The molecule has 3 aromatic rings. The summed E-state index contributed by atoms with van der Waals surface area (Å²) >= 11 is 1.40. The maximum absolute atomic E-state index is 12.8. The molecule has 4 N–H and O–H groups in total. The normalized spacial score (nSPS) is 13.3. The van der Waals surface area contributed by atoms with Crippen LogP contribution in [0.3, 0.4) is 0 Å². The molecule has 0 aliphatic heterocycles. The van der Waals surface area contributed by atoms with Gasteiger partial charge in [0, 0.05) is 16.1 Å². The number of nitrogens with one attached hydrogen (secondary N) is 2. The summed E-state index contributed by atoms with van der Waals surface area (Å²) in [4.78, 5) is 26.0. The molecule has 32 heavy (non-hydrogen) atoms. The maximum Gasteiger partial charge on any atom is 0.261 e. The number of carbonyl (C=O) groups excluding carboxylic acids is 2. The third-order valence-electron chi connectivity index (χ3n) is 5.38. The smallest absolute Gasteiger partial charge is 0.261 e. The molecule has 0 spiro atoms. The fourth-order valence-electron chi connectivity index (χ4n) is 3.71. The fourth-order valence-corrected chi connectivity index (χ4v) is 6.06. The van der Waals surface area contributed by atoms with Crippen molar-refractivity contribution >= 4 is 43.9 Å². The molecule has 0 saturated carbocycles. The SMILES string of the molecule is Cc1ccc(S(=O)(=O)Nc2ccc(C(=O)Nc3sc4c(c3C(N)=O)CCCC4)cc2)cc1. The zero-order valence-corrected chi connectivity index (χ0v) is 19.1. The number of anilines is 2. The molecule has 0 saturated heterocycles. The van der Waals surface area contributed by atoms with Crippen LogP contribution < -0.4 is 15.8 Å². The van der Waals surface area contributed by atoms with E-state index in [1.54, 1.807) is 12.1 Å². The highest BCUT2D eigenvalue weighted by molar-refractivity contribution is 7.92. The van der Waals surface area contributed by atoms with Gasteiger partial charge in [0.1, 0.15) is 5.00 Å². The molecule has 0 fully saturated rings. The van der Waals surface area contributed by atoms with Crippen LogP contribution >= 0.6 is 11.3 Å². The zero-order chi connectivity index (χ0) is 22.9. The number of fused-ring (bicyclic) bond motifs is 1. The number of amides is 2. The van der Waals surface area contributed by atoms with Gasteiger partial charge in [0.05, 0.1) is 10.5 Å². The summed E-state index contributed by atoms with van der Waals surface area (Å²) in [5.74, 6) is -0.931. The highest BCUT2D eigenvalue weighted by Gasteiger charge is 2.25. The summed E-state index contributed by atoms with van der Waals surface area (Å²) in [7, 11) is -3.73. The number of carbonyl (C=O) groups is 2. The molecule has 9 heteroatoms. The molecule has 0 radical (unpaired) electrons. The van der Waals surface area contributed by atoms with Gasteiger partial charge < -0.3 is 11.1 Å². The van der Waals surface area contributed by atoms with E-state index in [9.17, 15) is 18.0 Å². The Morgan fingerprint density at radius 3 is 2.28 bits per heavy atom. The number of hydrogen-bond acceptors (Lipinski definition) is 5. The van der Waals surface area contributed by atoms with E-state index in [1.807, 2.05) is 6.92 Å². The summed E-state index contributed by atoms with van der Waals surface area (Å²) in [5.41, 5.74) is 8.58. The van der Waals surface area contributed by atoms with Crippen molar-refractivity contribution in [1.82, 2.24) is 0 Å². The average Bonchev–Trinajstić information content (AvgIpc) is 3.12. The molecule has 0 atom stereocenters. The molecule has 1 heterocycles. The Hall–Kier alpha value is -3.17. The Kier molecular flexibility index (Phi) is 6.03. The largest absolute Gasteiger partial charge is 0.365 e. The number of rotatable bonds is 6. The van der Waals surface area contributed by atoms with Crippen molar-refractivity contribution in [2.24, 2.45) is 5.73 Å². The molecular formula is C23H23N3O4S2. The number of nitrogens with two attached hydrogens (primary N) is 1. The maximum atomic E-state index is 12.8. The number of benzene rings is 2. The summed E-state index contributed by atoms with van der Waals surface area (Å²) in [6.07, 6.45) is 3.72. The lowest BCUT2D eigenvalue weighted by Gasteiger charge is -2.11. The van der Waals surface area contributed by atoms with Crippen molar-refractivity contribution in [2.75, 3.05) is 10.0 Å². The van der Waals surface area contributed by atoms with Crippen LogP contribution in [-0.4, -0.2) is 20.2 Å². The van der Waals surface area contributed by atoms with Crippen LogP contribution in [0.25, 0.3) is 0 Å². The van der Waals surface area contributed by atoms with Crippen LogP contribution in [0.4, 0.5) is 10.7 Å². The van der Waals surface area contributed by atoms with Gasteiger partial charge in [0.25, 0.3) is 21.8 Å². The second kappa shape index (κ2) is 8.76. The van der Waals surface area contributed by atoms with Crippen LogP contribution in [0.1, 0.15) is 49.6 Å². The van der Waals surface area contributed by atoms with E-state index in [0.717, 1.165) is 41.7 Å². The van der Waals surface area contributed by atoms with Crippen LogP contribution in [0.15, 0.2) is 53.4 Å². The van der Waals surface area contributed by atoms with Gasteiger partial charge in [-0.1, -0.05) is 17.7 Å². The fraction of sp³-hybridized carbons (Fsp3) is 0.217. The minimum Gasteiger partial charge on any atom is -0.365 e. The Morgan fingerprint density at radius 2 is 1.62 bits per heavy atom. The number of primary amides is 1. The van der Waals surface area contributed by atoms with Gasteiger partial charge in [-0.2, -0.15) is 0 Å². The van der Waals surface area contributed by atoms with Gasteiger partial charge in [-0.05, 0) is 74.6 Å². The van der Waals surface area contributed by atoms with Crippen molar-refractivity contribution in [3.05, 3.63) is 75.7 Å². The lowest BCUT2D eigenvalue weighted by Crippen LogP contribution is -2.18. The van der Waals surface area contributed by atoms with E-state index >= 15 is 0 Å². The van der Waals surface area contributed by atoms with E-state index in [-0.39, 0.29) is 10.8 Å². The van der Waals surface area contributed by atoms with E-state index < -0.39 is 15.9 Å². The van der Waals surface area contributed by atoms with Gasteiger partial charge in [0.2, 0.25) is 0 Å². The number of aryl methyl sites for hydroxylation is 2.